The highest BCUT2D eigenvalue weighted by atomic mass is 16.5. The van der Waals surface area contributed by atoms with Crippen molar-refractivity contribution in [3.63, 3.8) is 0 Å². The molecule has 0 spiro atoms. The van der Waals surface area contributed by atoms with Crippen LogP contribution < -0.4 is 20.3 Å². The second-order valence-corrected chi connectivity index (χ2v) is 7.57. The first kappa shape index (κ1) is 20.5. The summed E-state index contributed by atoms with van der Waals surface area (Å²) < 4.78 is 11.2. The summed E-state index contributed by atoms with van der Waals surface area (Å²) in [6, 6.07) is 16.7. The molecule has 8 nitrogen and oxygen atoms in total. The van der Waals surface area contributed by atoms with Gasteiger partial charge < -0.3 is 24.8 Å². The van der Waals surface area contributed by atoms with Crippen LogP contribution in [0.5, 0.6) is 5.75 Å². The quantitative estimate of drug-likeness (QED) is 0.659. The normalized spacial score (nSPS) is 15.4. The number of anilines is 2. The standard InChI is InChI=1S/C23H24N4O4/c1-15(28)24-17-8-9-22-21(11-17)27(2)13-18(14-30-22)25-23(29)20-12-19(31-26-20)10-16-6-4-3-5-7-16/h3-9,11-12,18H,10,13-14H2,1-2H3,(H,24,28)(H,25,29). The van der Waals surface area contributed by atoms with Gasteiger partial charge >= 0.3 is 0 Å². The van der Waals surface area contributed by atoms with E-state index < -0.39 is 0 Å². The first-order valence-electron chi connectivity index (χ1n) is 10.0. The average Bonchev–Trinajstić information content (AvgIpc) is 3.15. The minimum Gasteiger partial charge on any atom is -0.489 e. The van der Waals surface area contributed by atoms with Crippen LogP contribution in [0.25, 0.3) is 0 Å². The monoisotopic (exact) mass is 420 g/mol. The molecular weight excluding hydrogens is 396 g/mol. The number of benzene rings is 2. The summed E-state index contributed by atoms with van der Waals surface area (Å²) in [6.07, 6.45) is 0.572. The van der Waals surface area contributed by atoms with E-state index >= 15 is 0 Å². The van der Waals surface area contributed by atoms with Gasteiger partial charge in [-0.3, -0.25) is 9.59 Å². The van der Waals surface area contributed by atoms with Crippen LogP contribution in [0, 0.1) is 0 Å². The van der Waals surface area contributed by atoms with Gasteiger partial charge in [0, 0.05) is 38.7 Å². The van der Waals surface area contributed by atoms with Crippen LogP contribution in [0.15, 0.2) is 59.1 Å². The molecule has 0 fully saturated rings. The molecule has 2 aromatic carbocycles. The Morgan fingerprint density at radius 1 is 1.16 bits per heavy atom. The summed E-state index contributed by atoms with van der Waals surface area (Å²) >= 11 is 0. The molecule has 31 heavy (non-hydrogen) atoms. The van der Waals surface area contributed by atoms with Crippen molar-refractivity contribution in [2.45, 2.75) is 19.4 Å². The zero-order valence-electron chi connectivity index (χ0n) is 17.4. The predicted molar refractivity (Wildman–Crippen MR) is 117 cm³/mol. The van der Waals surface area contributed by atoms with Crippen LogP contribution >= 0.6 is 0 Å². The number of amides is 2. The van der Waals surface area contributed by atoms with Crippen molar-refractivity contribution in [1.82, 2.24) is 10.5 Å². The Labute approximate surface area is 180 Å². The lowest BCUT2D eigenvalue weighted by Crippen LogP contribution is -2.45. The van der Waals surface area contributed by atoms with Crippen LogP contribution in [-0.2, 0) is 11.2 Å². The Morgan fingerprint density at radius 3 is 2.74 bits per heavy atom. The van der Waals surface area contributed by atoms with Crippen molar-refractivity contribution in [2.75, 3.05) is 30.4 Å². The van der Waals surface area contributed by atoms with Crippen LogP contribution in [0.2, 0.25) is 0 Å². The van der Waals surface area contributed by atoms with Crippen LogP contribution in [0.3, 0.4) is 0 Å². The van der Waals surface area contributed by atoms with Crippen molar-refractivity contribution in [3.05, 3.63) is 71.6 Å². The maximum absolute atomic E-state index is 12.7. The number of ether oxygens (including phenoxy) is 1. The molecule has 2 N–H and O–H groups in total. The fourth-order valence-electron chi connectivity index (χ4n) is 3.54. The van der Waals surface area contributed by atoms with Crippen molar-refractivity contribution in [3.8, 4) is 5.75 Å². The van der Waals surface area contributed by atoms with E-state index in [-0.39, 0.29) is 23.6 Å². The average molecular weight is 420 g/mol. The van der Waals surface area contributed by atoms with Crippen molar-refractivity contribution in [2.24, 2.45) is 0 Å². The molecule has 0 saturated heterocycles. The van der Waals surface area contributed by atoms with Gasteiger partial charge in [-0.1, -0.05) is 35.5 Å². The van der Waals surface area contributed by atoms with Gasteiger partial charge in [0.1, 0.15) is 18.1 Å². The Bertz CT molecular complexity index is 1080. The topological polar surface area (TPSA) is 96.7 Å². The van der Waals surface area contributed by atoms with E-state index in [9.17, 15) is 9.59 Å². The highest BCUT2D eigenvalue weighted by Crippen LogP contribution is 2.32. The second-order valence-electron chi connectivity index (χ2n) is 7.57. The predicted octanol–water partition coefficient (Wildman–Crippen LogP) is 2.85. The third kappa shape index (κ3) is 5.03. The van der Waals surface area contributed by atoms with Gasteiger partial charge in [-0.25, -0.2) is 0 Å². The lowest BCUT2D eigenvalue weighted by atomic mass is 10.1. The zero-order chi connectivity index (χ0) is 21.8. The molecular formula is C23H24N4O4. The molecule has 2 amide bonds. The number of likely N-dealkylation sites (N-methyl/N-ethyl adjacent to an activating group) is 1. The molecule has 8 heteroatoms. The van der Waals surface area contributed by atoms with Crippen molar-refractivity contribution < 1.29 is 18.8 Å². The molecule has 0 radical (unpaired) electrons. The SMILES string of the molecule is CC(=O)Nc1ccc2c(c1)N(C)CC(NC(=O)c1cc(Cc3ccccc3)on1)CO2. The molecule has 1 aromatic heterocycles. The molecule has 0 saturated carbocycles. The van der Waals surface area contributed by atoms with E-state index in [0.29, 0.717) is 36.8 Å². The molecule has 4 rings (SSSR count). The first-order chi connectivity index (χ1) is 15.0. The third-order valence-corrected chi connectivity index (χ3v) is 4.97. The molecule has 1 atom stereocenters. The van der Waals surface area contributed by atoms with Gasteiger partial charge in [0.15, 0.2) is 5.69 Å². The summed E-state index contributed by atoms with van der Waals surface area (Å²) in [5.74, 6) is 0.875. The Balaban J connectivity index is 1.40. The van der Waals surface area contributed by atoms with E-state index in [0.717, 1.165) is 11.3 Å². The third-order valence-electron chi connectivity index (χ3n) is 4.97. The number of aromatic nitrogens is 1. The number of hydrogen-bond acceptors (Lipinski definition) is 6. The number of carbonyl (C=O) groups is 2. The Kier molecular flexibility index (Phi) is 5.88. The summed E-state index contributed by atoms with van der Waals surface area (Å²) in [5, 5.41) is 9.65. The Hall–Kier alpha value is -3.81. The molecule has 2 heterocycles. The lowest BCUT2D eigenvalue weighted by Gasteiger charge is -2.22. The minimum atomic E-state index is -0.310. The Morgan fingerprint density at radius 2 is 1.97 bits per heavy atom. The maximum Gasteiger partial charge on any atom is 0.273 e. The van der Waals surface area contributed by atoms with Crippen molar-refractivity contribution in [1.29, 1.82) is 0 Å². The van der Waals surface area contributed by atoms with Crippen LogP contribution in [-0.4, -0.2) is 43.2 Å². The number of nitrogens with one attached hydrogen (secondary N) is 2. The highest BCUT2D eigenvalue weighted by Gasteiger charge is 2.24. The number of carbonyl (C=O) groups excluding carboxylic acids is 2. The second kappa shape index (κ2) is 8.91. The molecule has 160 valence electrons. The van der Waals surface area contributed by atoms with Gasteiger partial charge in [0.05, 0.1) is 11.7 Å². The van der Waals surface area contributed by atoms with Gasteiger partial charge in [0.25, 0.3) is 5.91 Å². The summed E-state index contributed by atoms with van der Waals surface area (Å²) in [6.45, 7) is 2.32. The number of nitrogens with zero attached hydrogens (tertiary/aromatic N) is 2. The summed E-state index contributed by atoms with van der Waals surface area (Å²) in [7, 11) is 1.91. The highest BCUT2D eigenvalue weighted by molar-refractivity contribution is 5.92. The maximum atomic E-state index is 12.7. The molecule has 0 bridgehead atoms. The van der Waals surface area contributed by atoms with Gasteiger partial charge in [0.2, 0.25) is 5.91 Å². The largest absolute Gasteiger partial charge is 0.489 e. The van der Waals surface area contributed by atoms with Crippen LogP contribution in [0.1, 0.15) is 28.7 Å². The van der Waals surface area contributed by atoms with Gasteiger partial charge in [-0.05, 0) is 23.8 Å². The van der Waals surface area contributed by atoms with Gasteiger partial charge in [-0.2, -0.15) is 0 Å². The number of rotatable bonds is 5. The molecule has 0 aliphatic carbocycles. The zero-order valence-corrected chi connectivity index (χ0v) is 17.4. The van der Waals surface area contributed by atoms with E-state index in [4.69, 9.17) is 9.26 Å². The van der Waals surface area contributed by atoms with E-state index in [2.05, 4.69) is 15.8 Å². The lowest BCUT2D eigenvalue weighted by molar-refractivity contribution is -0.114. The smallest absolute Gasteiger partial charge is 0.273 e. The van der Waals surface area contributed by atoms with E-state index in [1.165, 1.54) is 6.92 Å². The van der Waals surface area contributed by atoms with Crippen molar-refractivity contribution >= 4 is 23.2 Å². The molecule has 1 aliphatic heterocycles. The number of fused-ring (bicyclic) bond motifs is 1. The fraction of sp³-hybridized carbons (Fsp3) is 0.261. The summed E-state index contributed by atoms with van der Waals surface area (Å²) in [4.78, 5) is 26.0. The minimum absolute atomic E-state index is 0.137. The first-order valence-corrected chi connectivity index (χ1v) is 10.0. The van der Waals surface area contributed by atoms with Crippen LogP contribution in [0.4, 0.5) is 11.4 Å². The van der Waals surface area contributed by atoms with Gasteiger partial charge in [-0.15, -0.1) is 0 Å². The molecule has 3 aromatic rings. The molecule has 1 aliphatic rings. The molecule has 1 unspecified atom stereocenters. The van der Waals surface area contributed by atoms with E-state index in [1.54, 1.807) is 12.1 Å². The number of hydrogen-bond donors (Lipinski definition) is 2. The summed E-state index contributed by atoms with van der Waals surface area (Å²) in [5.41, 5.74) is 2.86. The van der Waals surface area contributed by atoms with E-state index in [1.807, 2.05) is 54.4 Å². The fourth-order valence-corrected chi connectivity index (χ4v) is 3.54.